The van der Waals surface area contributed by atoms with Gasteiger partial charge in [-0.3, -0.25) is 0 Å². The van der Waals surface area contributed by atoms with E-state index in [1.807, 2.05) is 0 Å². The molecule has 0 atom stereocenters. The molecule has 0 aliphatic rings. The predicted molar refractivity (Wildman–Crippen MR) is 62.7 cm³/mol. The first-order valence-electron chi connectivity index (χ1n) is 4.25. The maximum absolute atomic E-state index is 8.45. The summed E-state index contributed by atoms with van der Waals surface area (Å²) < 4.78 is 0.634. The normalized spacial score (nSPS) is 8.41. The molecule has 2 rings (SSSR count). The molecule has 0 radical (unpaired) electrons. The van der Waals surface area contributed by atoms with Gasteiger partial charge in [-0.05, 0) is 28.1 Å². The van der Waals surface area contributed by atoms with Gasteiger partial charge in [0.15, 0.2) is 10.5 Å². The van der Waals surface area contributed by atoms with Gasteiger partial charge in [-0.25, -0.2) is 19.9 Å². The molecular formula is C8H9BBrKN4O2. The maximum atomic E-state index is 8.45. The van der Waals surface area contributed by atoms with Crippen LogP contribution in [0.2, 0.25) is 0 Å². The van der Waals surface area contributed by atoms with E-state index in [0.717, 1.165) is 0 Å². The predicted octanol–water partition coefficient (Wildman–Crippen LogP) is -3.49. The van der Waals surface area contributed by atoms with Gasteiger partial charge in [-0.15, -0.1) is 0 Å². The molecule has 0 fully saturated rings. The molecule has 0 amide bonds. The summed E-state index contributed by atoms with van der Waals surface area (Å²) >= 11 is 3.09. The molecular weight excluding hydrogens is 314 g/mol. The fraction of sp³-hybridized carbons (Fsp3) is 0. The SMILES string of the molecule is Brc1ncccn1.OB(O)c1ncccn1.[H-].[K+]. The Labute approximate surface area is 151 Å². The summed E-state index contributed by atoms with van der Waals surface area (Å²) in [7, 11) is -1.56. The molecule has 17 heavy (non-hydrogen) atoms. The number of halogens is 1. The molecule has 0 saturated carbocycles. The zero-order valence-electron chi connectivity index (χ0n) is 10.1. The van der Waals surface area contributed by atoms with Gasteiger partial charge in [-0.2, -0.15) is 0 Å². The van der Waals surface area contributed by atoms with E-state index in [4.69, 9.17) is 10.0 Å². The molecule has 6 nitrogen and oxygen atoms in total. The monoisotopic (exact) mass is 322 g/mol. The van der Waals surface area contributed by atoms with Gasteiger partial charge in [0.1, 0.15) is 0 Å². The molecule has 0 bridgehead atoms. The Morgan fingerprint density at radius 2 is 1.35 bits per heavy atom. The molecule has 0 spiro atoms. The molecule has 0 aromatic carbocycles. The summed E-state index contributed by atoms with van der Waals surface area (Å²) in [6, 6.07) is 3.37. The van der Waals surface area contributed by atoms with E-state index in [0.29, 0.717) is 4.73 Å². The van der Waals surface area contributed by atoms with Crippen molar-refractivity contribution in [3.8, 4) is 0 Å². The van der Waals surface area contributed by atoms with Crippen molar-refractivity contribution in [1.29, 1.82) is 0 Å². The van der Waals surface area contributed by atoms with Crippen LogP contribution in [-0.4, -0.2) is 37.1 Å². The van der Waals surface area contributed by atoms with E-state index >= 15 is 0 Å². The summed E-state index contributed by atoms with van der Waals surface area (Å²) in [5.41, 5.74) is 0.0255. The van der Waals surface area contributed by atoms with Gasteiger partial charge in [-0.1, -0.05) is 0 Å². The van der Waals surface area contributed by atoms with Crippen LogP contribution in [0.1, 0.15) is 1.43 Å². The van der Waals surface area contributed by atoms with Gasteiger partial charge in [0.05, 0.1) is 0 Å². The van der Waals surface area contributed by atoms with Crippen LogP contribution < -0.4 is 57.1 Å². The maximum Gasteiger partial charge on any atom is 1.00 e. The number of hydrogen-bond acceptors (Lipinski definition) is 6. The molecule has 9 heteroatoms. The van der Waals surface area contributed by atoms with Crippen LogP contribution in [0.25, 0.3) is 0 Å². The zero-order chi connectivity index (χ0) is 11.8. The van der Waals surface area contributed by atoms with Crippen LogP contribution in [0.15, 0.2) is 41.7 Å². The topological polar surface area (TPSA) is 92.0 Å². The largest absolute Gasteiger partial charge is 1.00 e. The van der Waals surface area contributed by atoms with Gasteiger partial charge in [0, 0.05) is 24.8 Å². The first kappa shape index (κ1) is 17.3. The summed E-state index contributed by atoms with van der Waals surface area (Å²) in [6.45, 7) is 0. The summed E-state index contributed by atoms with van der Waals surface area (Å²) in [4.78, 5) is 14.7. The average Bonchev–Trinajstić information content (AvgIpc) is 2.32. The molecule has 2 aromatic rings. The van der Waals surface area contributed by atoms with E-state index in [1.165, 1.54) is 12.4 Å². The van der Waals surface area contributed by atoms with Crippen molar-refractivity contribution in [2.45, 2.75) is 0 Å². The Morgan fingerprint density at radius 1 is 0.941 bits per heavy atom. The fourth-order valence-corrected chi connectivity index (χ4v) is 0.961. The van der Waals surface area contributed by atoms with Crippen LogP contribution in [-0.2, 0) is 0 Å². The van der Waals surface area contributed by atoms with Gasteiger partial charge < -0.3 is 11.5 Å². The van der Waals surface area contributed by atoms with Crippen molar-refractivity contribution in [2.24, 2.45) is 0 Å². The molecule has 2 heterocycles. The van der Waals surface area contributed by atoms with Crippen molar-refractivity contribution in [2.75, 3.05) is 0 Å². The summed E-state index contributed by atoms with van der Waals surface area (Å²) in [5.74, 6) is 0. The number of nitrogens with zero attached hydrogens (tertiary/aromatic N) is 4. The van der Waals surface area contributed by atoms with E-state index in [2.05, 4.69) is 35.9 Å². The van der Waals surface area contributed by atoms with Crippen molar-refractivity contribution >= 4 is 28.8 Å². The molecule has 0 unspecified atom stereocenters. The minimum absolute atomic E-state index is 0. The quantitative estimate of drug-likeness (QED) is 0.418. The van der Waals surface area contributed by atoms with E-state index in [1.54, 1.807) is 24.5 Å². The summed E-state index contributed by atoms with van der Waals surface area (Å²) in [6.07, 6.45) is 6.25. The van der Waals surface area contributed by atoms with Crippen LogP contribution in [0.5, 0.6) is 0 Å². The standard InChI is InChI=1S/C4H5BN2O2.C4H3BrN2.K.H/c8-5(9)4-6-2-1-3-7-4;5-4-6-2-1-3-7-4;;/h1-3,8-9H;1-3H;;/q;;+1;-1. The third-order valence-electron chi connectivity index (χ3n) is 1.35. The Bertz CT molecular complexity index is 414. The Balaban J connectivity index is 0. The Kier molecular flexibility index (Phi) is 10.4. The first-order valence-corrected chi connectivity index (χ1v) is 5.05. The molecule has 0 aliphatic carbocycles. The summed E-state index contributed by atoms with van der Waals surface area (Å²) in [5, 5.41) is 16.9. The van der Waals surface area contributed by atoms with Gasteiger partial charge in [0.25, 0.3) is 0 Å². The molecule has 0 saturated heterocycles. The van der Waals surface area contributed by atoms with Gasteiger partial charge >= 0.3 is 58.5 Å². The number of rotatable bonds is 1. The van der Waals surface area contributed by atoms with Crippen molar-refractivity contribution < 1.29 is 62.9 Å². The third-order valence-corrected chi connectivity index (χ3v) is 1.76. The Hall–Kier alpha value is 0.261. The number of aromatic nitrogens is 4. The van der Waals surface area contributed by atoms with E-state index in [-0.39, 0.29) is 58.5 Å². The van der Waals surface area contributed by atoms with Crippen LogP contribution in [0.3, 0.4) is 0 Å². The Morgan fingerprint density at radius 3 is 1.59 bits per heavy atom. The van der Waals surface area contributed by atoms with Crippen molar-refractivity contribution in [3.63, 3.8) is 0 Å². The molecule has 2 aromatic heterocycles. The van der Waals surface area contributed by atoms with Crippen molar-refractivity contribution in [1.82, 2.24) is 19.9 Å². The van der Waals surface area contributed by atoms with E-state index in [9.17, 15) is 0 Å². The first-order chi connectivity index (χ1) is 7.70. The second-order valence-electron chi connectivity index (χ2n) is 2.50. The number of hydrogen-bond donors (Lipinski definition) is 2. The van der Waals surface area contributed by atoms with Gasteiger partial charge in [0.2, 0.25) is 0 Å². The zero-order valence-corrected chi connectivity index (χ0v) is 13.8. The smallest absolute Gasteiger partial charge is 1.00 e. The second-order valence-corrected chi connectivity index (χ2v) is 3.21. The molecule has 2 N–H and O–H groups in total. The minimum atomic E-state index is -1.56. The van der Waals surface area contributed by atoms with Crippen LogP contribution >= 0.6 is 15.9 Å². The average molecular weight is 323 g/mol. The van der Waals surface area contributed by atoms with Crippen LogP contribution in [0.4, 0.5) is 0 Å². The van der Waals surface area contributed by atoms with Crippen molar-refractivity contribution in [3.05, 3.63) is 41.7 Å². The second kappa shape index (κ2) is 10.2. The fourth-order valence-electron chi connectivity index (χ4n) is 0.725. The third kappa shape index (κ3) is 8.06. The molecule has 84 valence electrons. The molecule has 0 aliphatic heterocycles. The van der Waals surface area contributed by atoms with Crippen LogP contribution in [0, 0.1) is 0 Å². The minimum Gasteiger partial charge on any atom is -1.00 e. The van der Waals surface area contributed by atoms with E-state index < -0.39 is 7.12 Å².